The molecule has 1 aliphatic rings. The molecule has 0 aliphatic carbocycles. The van der Waals surface area contributed by atoms with Crippen molar-refractivity contribution in [2.45, 2.75) is 52.2 Å². The van der Waals surface area contributed by atoms with Crippen LogP contribution in [0.5, 0.6) is 0 Å². The molecule has 0 bridgehead atoms. The second-order valence-electron chi connectivity index (χ2n) is 6.11. The molecule has 2 unspecified atom stereocenters. The van der Waals surface area contributed by atoms with Crippen LogP contribution < -0.4 is 5.32 Å². The minimum Gasteiger partial charge on any atom is -0.444 e. The number of hydrogen-bond donors (Lipinski definition) is 1. The first kappa shape index (κ1) is 16.3. The third-order valence-corrected chi connectivity index (χ3v) is 2.99. The maximum atomic E-state index is 12.1. The lowest BCUT2D eigenvalue weighted by molar-refractivity contribution is -0.125. The predicted octanol–water partition coefficient (Wildman–Crippen LogP) is 1.66. The van der Waals surface area contributed by atoms with E-state index in [9.17, 15) is 9.59 Å². The van der Waals surface area contributed by atoms with Gasteiger partial charge in [0.2, 0.25) is 5.91 Å². The highest BCUT2D eigenvalue weighted by atomic mass is 16.6. The molecule has 1 N–H and O–H groups in total. The van der Waals surface area contributed by atoms with Gasteiger partial charge in [-0.15, -0.1) is 0 Å². The Hall–Kier alpha value is -1.77. The first-order valence-corrected chi connectivity index (χ1v) is 6.91. The van der Waals surface area contributed by atoms with E-state index in [4.69, 9.17) is 10.00 Å². The summed E-state index contributed by atoms with van der Waals surface area (Å²) in [6, 6.07) is 1.57. The average molecular weight is 281 g/mol. The van der Waals surface area contributed by atoms with Gasteiger partial charge in [0.25, 0.3) is 0 Å². The smallest absolute Gasteiger partial charge is 0.410 e. The highest BCUT2D eigenvalue weighted by molar-refractivity contribution is 5.86. The Morgan fingerprint density at radius 1 is 1.50 bits per heavy atom. The Bertz CT molecular complexity index is 409. The van der Waals surface area contributed by atoms with Gasteiger partial charge in [-0.1, -0.05) is 0 Å². The molecule has 1 saturated heterocycles. The maximum Gasteiger partial charge on any atom is 0.410 e. The van der Waals surface area contributed by atoms with E-state index in [1.54, 1.807) is 27.7 Å². The second kappa shape index (κ2) is 6.60. The number of likely N-dealkylation sites (tertiary alicyclic amines) is 1. The first-order valence-electron chi connectivity index (χ1n) is 6.91. The fourth-order valence-electron chi connectivity index (χ4n) is 2.00. The lowest BCUT2D eigenvalue weighted by Gasteiger charge is -2.28. The molecule has 20 heavy (non-hydrogen) atoms. The van der Waals surface area contributed by atoms with E-state index in [-0.39, 0.29) is 11.8 Å². The summed E-state index contributed by atoms with van der Waals surface area (Å²) in [5.74, 6) is -0.453. The third kappa shape index (κ3) is 4.72. The molecule has 1 heterocycles. The van der Waals surface area contributed by atoms with Gasteiger partial charge in [0, 0.05) is 13.1 Å². The minimum absolute atomic E-state index is 0.213. The topological polar surface area (TPSA) is 82.4 Å². The minimum atomic E-state index is -0.573. The number of nitrogens with zero attached hydrogens (tertiary/aromatic N) is 2. The van der Waals surface area contributed by atoms with Crippen molar-refractivity contribution in [1.82, 2.24) is 10.2 Å². The van der Waals surface area contributed by atoms with Crippen molar-refractivity contribution >= 4 is 12.0 Å². The van der Waals surface area contributed by atoms with Crippen LogP contribution >= 0.6 is 0 Å². The van der Waals surface area contributed by atoms with Crippen molar-refractivity contribution < 1.29 is 14.3 Å². The van der Waals surface area contributed by atoms with E-state index in [1.165, 1.54) is 4.90 Å². The molecule has 1 aliphatic heterocycles. The van der Waals surface area contributed by atoms with Gasteiger partial charge in [-0.2, -0.15) is 5.26 Å². The van der Waals surface area contributed by atoms with Crippen LogP contribution in [0.3, 0.4) is 0 Å². The van der Waals surface area contributed by atoms with Crippen molar-refractivity contribution in [3.05, 3.63) is 0 Å². The Kier molecular flexibility index (Phi) is 5.37. The summed E-state index contributed by atoms with van der Waals surface area (Å²) in [5, 5.41) is 11.4. The third-order valence-electron chi connectivity index (χ3n) is 2.99. The van der Waals surface area contributed by atoms with Gasteiger partial charge in [-0.3, -0.25) is 9.69 Å². The van der Waals surface area contributed by atoms with E-state index in [0.717, 1.165) is 6.42 Å². The monoisotopic (exact) mass is 281 g/mol. The number of nitriles is 1. The number of nitrogens with one attached hydrogen (secondary N) is 1. The summed E-state index contributed by atoms with van der Waals surface area (Å²) < 4.78 is 5.30. The van der Waals surface area contributed by atoms with Crippen LogP contribution in [0.25, 0.3) is 0 Å². The van der Waals surface area contributed by atoms with E-state index < -0.39 is 17.7 Å². The molecule has 6 heteroatoms. The molecule has 112 valence electrons. The van der Waals surface area contributed by atoms with E-state index in [0.29, 0.717) is 19.5 Å². The zero-order chi connectivity index (χ0) is 15.3. The van der Waals surface area contributed by atoms with Gasteiger partial charge in [0.1, 0.15) is 11.6 Å². The lowest BCUT2D eigenvalue weighted by atomic mass is 10.1. The van der Waals surface area contributed by atoms with E-state index >= 15 is 0 Å². The fraction of sp³-hybridized carbons (Fsp3) is 0.786. The van der Waals surface area contributed by atoms with Crippen LogP contribution in [0, 0.1) is 17.2 Å². The van der Waals surface area contributed by atoms with Crippen LogP contribution in [-0.2, 0) is 9.53 Å². The molecule has 2 amide bonds. The molecule has 1 rings (SSSR count). The van der Waals surface area contributed by atoms with Gasteiger partial charge in [0.15, 0.2) is 0 Å². The van der Waals surface area contributed by atoms with Crippen LogP contribution in [0.4, 0.5) is 4.79 Å². The summed E-state index contributed by atoms with van der Waals surface area (Å²) in [4.78, 5) is 25.6. The quantitative estimate of drug-likeness (QED) is 0.853. The normalized spacial score (nSPS) is 20.1. The van der Waals surface area contributed by atoms with Crippen molar-refractivity contribution in [3.8, 4) is 6.07 Å². The molecule has 0 saturated carbocycles. The maximum absolute atomic E-state index is 12.1. The molecular formula is C14H23N3O3. The number of hydrogen-bond acceptors (Lipinski definition) is 4. The van der Waals surface area contributed by atoms with Crippen LogP contribution in [0.15, 0.2) is 0 Å². The van der Waals surface area contributed by atoms with Crippen molar-refractivity contribution in [3.63, 3.8) is 0 Å². The molecule has 0 aromatic rings. The average Bonchev–Trinajstić information content (AvgIpc) is 2.82. The van der Waals surface area contributed by atoms with Gasteiger partial charge < -0.3 is 10.1 Å². The van der Waals surface area contributed by atoms with Crippen LogP contribution in [-0.4, -0.2) is 41.6 Å². The fourth-order valence-corrected chi connectivity index (χ4v) is 2.00. The van der Waals surface area contributed by atoms with Crippen molar-refractivity contribution in [1.29, 1.82) is 5.26 Å². The van der Waals surface area contributed by atoms with Crippen LogP contribution in [0.2, 0.25) is 0 Å². The Morgan fingerprint density at radius 3 is 2.70 bits per heavy atom. The molecule has 1 fully saturated rings. The summed E-state index contributed by atoms with van der Waals surface area (Å²) in [6.07, 6.45) is 0.959. The van der Waals surface area contributed by atoms with Crippen molar-refractivity contribution in [2.75, 3.05) is 13.1 Å². The Morgan fingerprint density at radius 2 is 2.15 bits per heavy atom. The molecule has 0 aromatic carbocycles. The number of carbonyl (C=O) groups excluding carboxylic acids is 2. The number of amides is 2. The Labute approximate surface area is 120 Å². The summed E-state index contributed by atoms with van der Waals surface area (Å²) in [5.41, 5.74) is -0.573. The standard InChI is InChI=1S/C14H23N3O3/c1-10(8-15)9-16-12(18)11-6-5-7-17(11)13(19)20-14(2,3)4/h10-11H,5-7,9H2,1-4H3,(H,16,18). The summed E-state index contributed by atoms with van der Waals surface area (Å²) in [7, 11) is 0. The predicted molar refractivity (Wildman–Crippen MR) is 73.7 cm³/mol. The lowest BCUT2D eigenvalue weighted by Crippen LogP contribution is -2.48. The SMILES string of the molecule is CC(C#N)CNC(=O)C1CCCN1C(=O)OC(C)(C)C. The molecule has 0 spiro atoms. The number of ether oxygens (including phenoxy) is 1. The van der Waals surface area contributed by atoms with E-state index in [1.807, 2.05) is 0 Å². The first-order chi connectivity index (χ1) is 9.24. The molecule has 0 radical (unpaired) electrons. The molecular weight excluding hydrogens is 258 g/mol. The second-order valence-corrected chi connectivity index (χ2v) is 6.11. The van der Waals surface area contributed by atoms with Crippen molar-refractivity contribution in [2.24, 2.45) is 5.92 Å². The zero-order valence-electron chi connectivity index (χ0n) is 12.6. The molecule has 0 aromatic heterocycles. The van der Waals surface area contributed by atoms with Gasteiger partial charge in [0.05, 0.1) is 12.0 Å². The molecule has 6 nitrogen and oxygen atoms in total. The zero-order valence-corrected chi connectivity index (χ0v) is 12.6. The largest absolute Gasteiger partial charge is 0.444 e. The van der Waals surface area contributed by atoms with E-state index in [2.05, 4.69) is 11.4 Å². The van der Waals surface area contributed by atoms with Gasteiger partial charge in [-0.05, 0) is 40.5 Å². The number of rotatable bonds is 3. The summed E-state index contributed by atoms with van der Waals surface area (Å²) >= 11 is 0. The Balaban J connectivity index is 2.58. The highest BCUT2D eigenvalue weighted by Gasteiger charge is 2.36. The van der Waals surface area contributed by atoms with Gasteiger partial charge in [-0.25, -0.2) is 4.79 Å². The summed E-state index contributed by atoms with van der Waals surface area (Å²) in [6.45, 7) is 7.95. The highest BCUT2D eigenvalue weighted by Crippen LogP contribution is 2.20. The van der Waals surface area contributed by atoms with Crippen LogP contribution in [0.1, 0.15) is 40.5 Å². The molecule has 2 atom stereocenters. The van der Waals surface area contributed by atoms with Gasteiger partial charge >= 0.3 is 6.09 Å². The number of carbonyl (C=O) groups is 2.